The molecule has 6 heteroatoms. The van der Waals surface area contributed by atoms with Gasteiger partial charge < -0.3 is 11.1 Å². The van der Waals surface area contributed by atoms with Crippen LogP contribution in [0.3, 0.4) is 0 Å². The number of anilines is 2. The van der Waals surface area contributed by atoms with E-state index in [-0.39, 0.29) is 18.7 Å². The summed E-state index contributed by atoms with van der Waals surface area (Å²) in [5.74, 6) is -1.26. The molecule has 0 spiro atoms. The molecule has 3 aromatic carbocycles. The van der Waals surface area contributed by atoms with Crippen LogP contribution in [0.15, 0.2) is 91.0 Å². The highest BCUT2D eigenvalue weighted by Crippen LogP contribution is 2.19. The molecule has 0 saturated heterocycles. The number of rotatable bonds is 7. The van der Waals surface area contributed by atoms with E-state index < -0.39 is 17.9 Å². The van der Waals surface area contributed by atoms with Crippen LogP contribution in [0.2, 0.25) is 0 Å². The van der Waals surface area contributed by atoms with Gasteiger partial charge in [-0.2, -0.15) is 0 Å². The van der Waals surface area contributed by atoms with Crippen LogP contribution in [-0.2, 0) is 9.59 Å². The standard InChI is InChI=1S/C24H23N3O3/c25-21(16-17-22(28)26-19-12-6-2-7-13-19)24(30)27(20-14-8-3-9-15-20)23(29)18-10-4-1-5-11-18/h1-15,21H,16-17,25H2,(H,26,28)/t21-/m0/s1. The Labute approximate surface area is 175 Å². The van der Waals surface area contributed by atoms with Crippen molar-refractivity contribution < 1.29 is 14.4 Å². The van der Waals surface area contributed by atoms with Crippen LogP contribution in [0.5, 0.6) is 0 Å². The second-order valence-electron chi connectivity index (χ2n) is 6.74. The van der Waals surface area contributed by atoms with Crippen molar-refractivity contribution in [3.8, 4) is 0 Å². The van der Waals surface area contributed by atoms with Gasteiger partial charge in [0, 0.05) is 17.7 Å². The van der Waals surface area contributed by atoms with E-state index >= 15 is 0 Å². The first-order chi connectivity index (χ1) is 14.6. The molecule has 0 radical (unpaired) electrons. The molecule has 152 valence electrons. The summed E-state index contributed by atoms with van der Waals surface area (Å²) in [5, 5.41) is 2.76. The van der Waals surface area contributed by atoms with Crippen LogP contribution >= 0.6 is 0 Å². The number of imide groups is 1. The maximum Gasteiger partial charge on any atom is 0.265 e. The van der Waals surface area contributed by atoms with Gasteiger partial charge in [0.05, 0.1) is 11.7 Å². The van der Waals surface area contributed by atoms with E-state index in [1.807, 2.05) is 18.2 Å². The Bertz CT molecular complexity index is 992. The molecule has 6 nitrogen and oxygen atoms in total. The molecule has 0 bridgehead atoms. The van der Waals surface area contributed by atoms with Gasteiger partial charge in [-0.25, -0.2) is 4.90 Å². The highest BCUT2D eigenvalue weighted by Gasteiger charge is 2.29. The first kappa shape index (κ1) is 21.0. The molecule has 3 aromatic rings. The van der Waals surface area contributed by atoms with Crippen molar-refractivity contribution in [2.45, 2.75) is 18.9 Å². The maximum absolute atomic E-state index is 13.1. The number of para-hydroxylation sites is 2. The number of benzene rings is 3. The molecule has 0 aromatic heterocycles. The van der Waals surface area contributed by atoms with E-state index in [0.717, 1.165) is 4.90 Å². The third-order valence-electron chi connectivity index (χ3n) is 4.52. The second kappa shape index (κ2) is 10.1. The molecule has 30 heavy (non-hydrogen) atoms. The Hall–Kier alpha value is -3.77. The number of nitrogens with zero attached hydrogens (tertiary/aromatic N) is 1. The first-order valence-electron chi connectivity index (χ1n) is 9.65. The summed E-state index contributed by atoms with van der Waals surface area (Å²) in [4.78, 5) is 39.4. The lowest BCUT2D eigenvalue weighted by Gasteiger charge is -2.24. The van der Waals surface area contributed by atoms with E-state index in [9.17, 15) is 14.4 Å². The molecule has 3 N–H and O–H groups in total. The van der Waals surface area contributed by atoms with Crippen LogP contribution in [0.25, 0.3) is 0 Å². The predicted molar refractivity (Wildman–Crippen MR) is 117 cm³/mol. The lowest BCUT2D eigenvalue weighted by atomic mass is 10.1. The lowest BCUT2D eigenvalue weighted by molar-refractivity contribution is -0.119. The van der Waals surface area contributed by atoms with Crippen LogP contribution in [0.1, 0.15) is 23.2 Å². The van der Waals surface area contributed by atoms with Crippen molar-refractivity contribution in [1.82, 2.24) is 0 Å². The molecule has 0 unspecified atom stereocenters. The largest absolute Gasteiger partial charge is 0.326 e. The van der Waals surface area contributed by atoms with Crippen molar-refractivity contribution in [2.24, 2.45) is 5.73 Å². The number of carbonyl (C=O) groups is 3. The van der Waals surface area contributed by atoms with Gasteiger partial charge in [-0.15, -0.1) is 0 Å². The molecule has 3 rings (SSSR count). The molecule has 0 fully saturated rings. The quantitative estimate of drug-likeness (QED) is 0.633. The topological polar surface area (TPSA) is 92.5 Å². The van der Waals surface area contributed by atoms with E-state index in [4.69, 9.17) is 5.73 Å². The van der Waals surface area contributed by atoms with Crippen LogP contribution in [0, 0.1) is 0 Å². The minimum atomic E-state index is -1.00. The van der Waals surface area contributed by atoms with E-state index in [0.29, 0.717) is 16.9 Å². The van der Waals surface area contributed by atoms with Gasteiger partial charge in [0.15, 0.2) is 0 Å². The molecule has 0 aliphatic heterocycles. The summed E-state index contributed by atoms with van der Waals surface area (Å²) in [6.45, 7) is 0. The third kappa shape index (κ3) is 5.40. The minimum absolute atomic E-state index is 0.0595. The number of nitrogens with two attached hydrogens (primary N) is 1. The lowest BCUT2D eigenvalue weighted by Crippen LogP contribution is -2.47. The molecule has 1 atom stereocenters. The zero-order chi connectivity index (χ0) is 21.3. The Morgan fingerprint density at radius 3 is 1.93 bits per heavy atom. The minimum Gasteiger partial charge on any atom is -0.326 e. The van der Waals surface area contributed by atoms with Gasteiger partial charge in [-0.05, 0) is 42.8 Å². The van der Waals surface area contributed by atoms with E-state index in [2.05, 4.69) is 5.32 Å². The van der Waals surface area contributed by atoms with Crippen molar-refractivity contribution in [2.75, 3.05) is 10.2 Å². The smallest absolute Gasteiger partial charge is 0.265 e. The number of nitrogens with one attached hydrogen (secondary N) is 1. The average Bonchev–Trinajstić information content (AvgIpc) is 2.79. The maximum atomic E-state index is 13.1. The molecule has 0 saturated carbocycles. The van der Waals surface area contributed by atoms with Crippen molar-refractivity contribution in [3.63, 3.8) is 0 Å². The molecule has 0 aliphatic carbocycles. The van der Waals surface area contributed by atoms with Crippen LogP contribution in [-0.4, -0.2) is 23.8 Å². The molecule has 0 aliphatic rings. The molecule has 3 amide bonds. The number of carbonyl (C=O) groups excluding carboxylic acids is 3. The average molecular weight is 401 g/mol. The first-order valence-corrected chi connectivity index (χ1v) is 9.65. The Balaban J connectivity index is 1.71. The zero-order valence-electron chi connectivity index (χ0n) is 16.4. The summed E-state index contributed by atoms with van der Waals surface area (Å²) in [6.07, 6.45) is 0.173. The zero-order valence-corrected chi connectivity index (χ0v) is 16.4. The van der Waals surface area contributed by atoms with Gasteiger partial charge in [0.1, 0.15) is 0 Å². The molecule has 0 heterocycles. The summed E-state index contributed by atoms with van der Waals surface area (Å²) in [5.41, 5.74) is 7.57. The van der Waals surface area contributed by atoms with E-state index in [1.165, 1.54) is 0 Å². The van der Waals surface area contributed by atoms with Crippen molar-refractivity contribution in [1.29, 1.82) is 0 Å². The van der Waals surface area contributed by atoms with Gasteiger partial charge in [0.2, 0.25) is 5.91 Å². The Kier molecular flexibility index (Phi) is 7.08. The summed E-state index contributed by atoms with van der Waals surface area (Å²) in [6, 6.07) is 25.2. The highest BCUT2D eigenvalue weighted by atomic mass is 16.2. The van der Waals surface area contributed by atoms with Crippen molar-refractivity contribution >= 4 is 29.1 Å². The van der Waals surface area contributed by atoms with E-state index in [1.54, 1.807) is 72.8 Å². The van der Waals surface area contributed by atoms with Gasteiger partial charge in [0.25, 0.3) is 11.8 Å². The summed E-state index contributed by atoms with van der Waals surface area (Å²) in [7, 11) is 0. The third-order valence-corrected chi connectivity index (χ3v) is 4.52. The van der Waals surface area contributed by atoms with Crippen molar-refractivity contribution in [3.05, 3.63) is 96.6 Å². The van der Waals surface area contributed by atoms with Gasteiger partial charge in [-0.1, -0.05) is 54.6 Å². The summed E-state index contributed by atoms with van der Waals surface area (Å²) < 4.78 is 0. The predicted octanol–water partition coefficient (Wildman–Crippen LogP) is 3.61. The fourth-order valence-corrected chi connectivity index (χ4v) is 2.95. The normalized spacial score (nSPS) is 11.4. The van der Waals surface area contributed by atoms with Gasteiger partial charge >= 0.3 is 0 Å². The fourth-order valence-electron chi connectivity index (χ4n) is 2.95. The molecular weight excluding hydrogens is 378 g/mol. The number of hydrogen-bond donors (Lipinski definition) is 2. The second-order valence-corrected chi connectivity index (χ2v) is 6.74. The Morgan fingerprint density at radius 2 is 1.33 bits per heavy atom. The molecular formula is C24H23N3O3. The fraction of sp³-hybridized carbons (Fsp3) is 0.125. The van der Waals surface area contributed by atoms with Gasteiger partial charge in [-0.3, -0.25) is 14.4 Å². The highest BCUT2D eigenvalue weighted by molar-refractivity contribution is 6.22. The Morgan fingerprint density at radius 1 is 0.800 bits per heavy atom. The van der Waals surface area contributed by atoms with Crippen LogP contribution < -0.4 is 16.0 Å². The van der Waals surface area contributed by atoms with Crippen LogP contribution in [0.4, 0.5) is 11.4 Å². The number of amides is 3. The monoisotopic (exact) mass is 401 g/mol. The SMILES string of the molecule is N[C@@H](CCC(=O)Nc1ccccc1)C(=O)N(C(=O)c1ccccc1)c1ccccc1. The number of hydrogen-bond acceptors (Lipinski definition) is 4. The summed E-state index contributed by atoms with van der Waals surface area (Å²) >= 11 is 0.